The fraction of sp³-hybridized carbons (Fsp3) is 0.273. The van der Waals surface area contributed by atoms with Crippen LogP contribution in [0.4, 0.5) is 0 Å². The highest BCUT2D eigenvalue weighted by atomic mass is 16.1. The highest BCUT2D eigenvalue weighted by Gasteiger charge is 2.08. The molecule has 3 rings (SSSR count). The Labute approximate surface area is 153 Å². The van der Waals surface area contributed by atoms with E-state index in [9.17, 15) is 9.59 Å². The van der Waals surface area contributed by atoms with E-state index in [0.29, 0.717) is 24.9 Å². The molecule has 0 fully saturated rings. The molecule has 0 radical (unpaired) electrons. The summed E-state index contributed by atoms with van der Waals surface area (Å²) >= 11 is 0. The maximum absolute atomic E-state index is 12.3. The molecule has 0 bridgehead atoms. The second kappa shape index (κ2) is 7.56. The van der Waals surface area contributed by atoms with Crippen LogP contribution in [-0.4, -0.2) is 10.9 Å². The number of rotatable bonds is 5. The van der Waals surface area contributed by atoms with Crippen molar-refractivity contribution in [2.45, 2.75) is 40.2 Å². The Balaban J connectivity index is 1.66. The van der Waals surface area contributed by atoms with Crippen molar-refractivity contribution in [1.29, 1.82) is 0 Å². The first kappa shape index (κ1) is 17.9. The lowest BCUT2D eigenvalue weighted by molar-refractivity contribution is -0.121. The van der Waals surface area contributed by atoms with E-state index < -0.39 is 0 Å². The molecule has 0 aliphatic carbocycles. The van der Waals surface area contributed by atoms with E-state index in [4.69, 9.17) is 0 Å². The molecular weight excluding hydrogens is 324 g/mol. The molecular formula is C22H24N2O2. The minimum Gasteiger partial charge on any atom is -0.352 e. The lowest BCUT2D eigenvalue weighted by Gasteiger charge is -2.09. The van der Waals surface area contributed by atoms with Gasteiger partial charge < -0.3 is 10.3 Å². The van der Waals surface area contributed by atoms with Crippen LogP contribution < -0.4 is 10.9 Å². The summed E-state index contributed by atoms with van der Waals surface area (Å²) in [7, 11) is 0. The Morgan fingerprint density at radius 3 is 2.46 bits per heavy atom. The summed E-state index contributed by atoms with van der Waals surface area (Å²) in [5, 5.41) is 3.93. The number of amides is 1. The van der Waals surface area contributed by atoms with Crippen molar-refractivity contribution in [2.24, 2.45) is 0 Å². The first-order valence-electron chi connectivity index (χ1n) is 8.88. The quantitative estimate of drug-likeness (QED) is 0.738. The normalized spacial score (nSPS) is 10.9. The summed E-state index contributed by atoms with van der Waals surface area (Å²) in [5.74, 6) is -0.0483. The number of aromatic amines is 1. The van der Waals surface area contributed by atoms with E-state index >= 15 is 0 Å². The van der Waals surface area contributed by atoms with Gasteiger partial charge in [-0.15, -0.1) is 0 Å². The van der Waals surface area contributed by atoms with Crippen LogP contribution in [0.2, 0.25) is 0 Å². The number of benzene rings is 2. The minimum absolute atomic E-state index is 0.0483. The summed E-state index contributed by atoms with van der Waals surface area (Å²) in [6.07, 6.45) is 0.725. The summed E-state index contributed by atoms with van der Waals surface area (Å²) in [6, 6.07) is 13.9. The number of aromatic nitrogens is 1. The van der Waals surface area contributed by atoms with E-state index in [2.05, 4.69) is 23.3 Å². The molecule has 0 spiro atoms. The highest BCUT2D eigenvalue weighted by molar-refractivity contribution is 5.81. The Hall–Kier alpha value is -2.88. The molecule has 26 heavy (non-hydrogen) atoms. The highest BCUT2D eigenvalue weighted by Crippen LogP contribution is 2.17. The van der Waals surface area contributed by atoms with Crippen molar-refractivity contribution >= 4 is 16.8 Å². The van der Waals surface area contributed by atoms with Gasteiger partial charge in [0.15, 0.2) is 0 Å². The molecule has 1 aromatic heterocycles. The number of carbonyl (C=O) groups is 1. The Kier molecular flexibility index (Phi) is 5.21. The predicted molar refractivity (Wildman–Crippen MR) is 105 cm³/mol. The number of fused-ring (bicyclic) bond motifs is 1. The van der Waals surface area contributed by atoms with Gasteiger partial charge in [0.25, 0.3) is 5.56 Å². The van der Waals surface area contributed by atoms with Crippen LogP contribution in [-0.2, 0) is 17.8 Å². The van der Waals surface area contributed by atoms with Crippen molar-refractivity contribution in [3.63, 3.8) is 0 Å². The molecule has 0 atom stereocenters. The van der Waals surface area contributed by atoms with Gasteiger partial charge >= 0.3 is 0 Å². The molecule has 2 aromatic carbocycles. The zero-order valence-electron chi connectivity index (χ0n) is 15.5. The Morgan fingerprint density at radius 2 is 1.69 bits per heavy atom. The van der Waals surface area contributed by atoms with E-state index in [1.165, 1.54) is 5.56 Å². The second-order valence-electron chi connectivity index (χ2n) is 6.85. The SMILES string of the molecule is Cc1cc2cc(CCC(=O)NCc3ccccc3C)c(=O)[nH]c2cc1C. The van der Waals surface area contributed by atoms with Gasteiger partial charge in [-0.2, -0.15) is 0 Å². The Morgan fingerprint density at radius 1 is 0.962 bits per heavy atom. The van der Waals surface area contributed by atoms with Crippen molar-refractivity contribution < 1.29 is 4.79 Å². The van der Waals surface area contributed by atoms with Gasteiger partial charge in [-0.25, -0.2) is 0 Å². The maximum atomic E-state index is 12.3. The number of carbonyl (C=O) groups excluding carboxylic acids is 1. The van der Waals surface area contributed by atoms with Gasteiger partial charge in [0.05, 0.1) is 0 Å². The Bertz CT molecular complexity index is 1020. The molecule has 3 aromatic rings. The van der Waals surface area contributed by atoms with Gasteiger partial charge in [-0.05, 0) is 73.0 Å². The maximum Gasteiger partial charge on any atom is 0.251 e. The standard InChI is InChI=1S/C22H24N2O2/c1-14-6-4-5-7-18(14)13-23-21(25)9-8-17-12-19-10-15(2)16(3)11-20(19)24-22(17)26/h4-7,10-12H,8-9,13H2,1-3H3,(H,23,25)(H,24,26). The van der Waals surface area contributed by atoms with Gasteiger partial charge in [0.2, 0.25) is 5.91 Å². The average Bonchev–Trinajstić information content (AvgIpc) is 2.61. The third kappa shape index (κ3) is 4.02. The van der Waals surface area contributed by atoms with Crippen LogP contribution in [0, 0.1) is 20.8 Å². The van der Waals surface area contributed by atoms with E-state index in [1.54, 1.807) is 0 Å². The second-order valence-corrected chi connectivity index (χ2v) is 6.85. The number of pyridine rings is 1. The predicted octanol–water partition coefficient (Wildman–Crippen LogP) is 3.70. The zero-order chi connectivity index (χ0) is 18.7. The first-order valence-corrected chi connectivity index (χ1v) is 8.88. The number of hydrogen-bond acceptors (Lipinski definition) is 2. The van der Waals surface area contributed by atoms with Crippen molar-refractivity contribution in [3.05, 3.63) is 80.6 Å². The van der Waals surface area contributed by atoms with E-state index in [0.717, 1.165) is 27.6 Å². The molecule has 4 heteroatoms. The number of H-pyrrole nitrogens is 1. The third-order valence-electron chi connectivity index (χ3n) is 4.89. The smallest absolute Gasteiger partial charge is 0.251 e. The lowest BCUT2D eigenvalue weighted by atomic mass is 10.0. The van der Waals surface area contributed by atoms with Crippen LogP contribution >= 0.6 is 0 Å². The summed E-state index contributed by atoms with van der Waals surface area (Å²) in [6.45, 7) is 6.62. The third-order valence-corrected chi connectivity index (χ3v) is 4.89. The van der Waals surface area contributed by atoms with Gasteiger partial charge in [0.1, 0.15) is 0 Å². The molecule has 134 valence electrons. The zero-order valence-corrected chi connectivity index (χ0v) is 15.5. The molecule has 0 saturated heterocycles. The van der Waals surface area contributed by atoms with Crippen molar-refractivity contribution in [1.82, 2.24) is 10.3 Å². The fourth-order valence-electron chi connectivity index (χ4n) is 3.05. The van der Waals surface area contributed by atoms with E-state index in [1.807, 2.05) is 50.2 Å². The lowest BCUT2D eigenvalue weighted by Crippen LogP contribution is -2.24. The summed E-state index contributed by atoms with van der Waals surface area (Å²) in [4.78, 5) is 27.4. The van der Waals surface area contributed by atoms with Crippen LogP contribution in [0.15, 0.2) is 47.3 Å². The van der Waals surface area contributed by atoms with E-state index in [-0.39, 0.29) is 11.5 Å². The van der Waals surface area contributed by atoms with Crippen LogP contribution in [0.25, 0.3) is 10.9 Å². The van der Waals surface area contributed by atoms with Crippen LogP contribution in [0.3, 0.4) is 0 Å². The molecule has 4 nitrogen and oxygen atoms in total. The molecule has 1 amide bonds. The topological polar surface area (TPSA) is 62.0 Å². The summed E-state index contributed by atoms with van der Waals surface area (Å²) < 4.78 is 0. The minimum atomic E-state index is -0.118. The molecule has 1 heterocycles. The van der Waals surface area contributed by atoms with Crippen molar-refractivity contribution in [3.8, 4) is 0 Å². The first-order chi connectivity index (χ1) is 12.4. The van der Waals surface area contributed by atoms with Gasteiger partial charge in [-0.1, -0.05) is 24.3 Å². The number of hydrogen-bond donors (Lipinski definition) is 2. The number of nitrogens with one attached hydrogen (secondary N) is 2. The summed E-state index contributed by atoms with van der Waals surface area (Å²) in [5.41, 5.74) is 5.97. The molecule has 0 unspecified atom stereocenters. The largest absolute Gasteiger partial charge is 0.352 e. The number of aryl methyl sites for hydroxylation is 4. The monoisotopic (exact) mass is 348 g/mol. The molecule has 0 saturated carbocycles. The van der Waals surface area contributed by atoms with Crippen molar-refractivity contribution in [2.75, 3.05) is 0 Å². The molecule has 0 aliphatic rings. The van der Waals surface area contributed by atoms with Crippen LogP contribution in [0.5, 0.6) is 0 Å². The fourth-order valence-corrected chi connectivity index (χ4v) is 3.05. The molecule has 0 aliphatic heterocycles. The van der Waals surface area contributed by atoms with Gasteiger partial charge in [0, 0.05) is 24.0 Å². The van der Waals surface area contributed by atoms with Gasteiger partial charge in [-0.3, -0.25) is 9.59 Å². The average molecular weight is 348 g/mol. The van der Waals surface area contributed by atoms with Crippen LogP contribution in [0.1, 0.15) is 34.2 Å². The molecule has 2 N–H and O–H groups in total.